The molecule has 1 fully saturated rings. The molecule has 0 saturated carbocycles. The van der Waals surface area contributed by atoms with Crippen LogP contribution in [0.25, 0.3) is 0 Å². The summed E-state index contributed by atoms with van der Waals surface area (Å²) in [5, 5.41) is 2.70. The van der Waals surface area contributed by atoms with Crippen molar-refractivity contribution in [3.63, 3.8) is 0 Å². The second-order valence-corrected chi connectivity index (χ2v) is 6.51. The maximum absolute atomic E-state index is 12.0. The van der Waals surface area contributed by atoms with Crippen molar-refractivity contribution in [2.75, 3.05) is 19.6 Å². The number of piperidine rings is 1. The zero-order valence-corrected chi connectivity index (χ0v) is 12.5. The SMILES string of the molecule is CC(N)C1CCN(C(=O)CNC(=O)C(C)(C)C)CC1. The van der Waals surface area contributed by atoms with Gasteiger partial charge in [0.15, 0.2) is 0 Å². The van der Waals surface area contributed by atoms with E-state index >= 15 is 0 Å². The van der Waals surface area contributed by atoms with Gasteiger partial charge < -0.3 is 16.0 Å². The molecule has 3 N–H and O–H groups in total. The normalized spacial score (nSPS) is 19.1. The van der Waals surface area contributed by atoms with Crippen LogP contribution in [0.4, 0.5) is 0 Å². The molecule has 1 rings (SSSR count). The molecule has 0 aromatic rings. The molecule has 0 aromatic heterocycles. The first kappa shape index (κ1) is 16.0. The number of likely N-dealkylation sites (tertiary alicyclic amines) is 1. The van der Waals surface area contributed by atoms with Crippen LogP contribution in [0.2, 0.25) is 0 Å². The maximum Gasteiger partial charge on any atom is 0.241 e. The molecule has 0 spiro atoms. The number of nitrogens with one attached hydrogen (secondary N) is 1. The van der Waals surface area contributed by atoms with Gasteiger partial charge in [0.1, 0.15) is 0 Å². The molecular formula is C14H27N3O2. The highest BCUT2D eigenvalue weighted by atomic mass is 16.2. The van der Waals surface area contributed by atoms with Crippen LogP contribution >= 0.6 is 0 Å². The smallest absolute Gasteiger partial charge is 0.241 e. The summed E-state index contributed by atoms with van der Waals surface area (Å²) in [5.74, 6) is 0.417. The molecule has 1 atom stereocenters. The Bertz CT molecular complexity index is 326. The first-order chi connectivity index (χ1) is 8.71. The second-order valence-electron chi connectivity index (χ2n) is 6.51. The molecular weight excluding hydrogens is 242 g/mol. The van der Waals surface area contributed by atoms with Crippen LogP contribution in [-0.4, -0.2) is 42.4 Å². The fourth-order valence-corrected chi connectivity index (χ4v) is 2.21. The quantitative estimate of drug-likeness (QED) is 0.793. The third-order valence-corrected chi connectivity index (χ3v) is 3.72. The minimum Gasteiger partial charge on any atom is -0.347 e. The summed E-state index contributed by atoms with van der Waals surface area (Å²) in [6.07, 6.45) is 1.91. The van der Waals surface area contributed by atoms with Crippen LogP contribution in [0.15, 0.2) is 0 Å². The van der Waals surface area contributed by atoms with Gasteiger partial charge in [0.25, 0.3) is 0 Å². The van der Waals surface area contributed by atoms with Gasteiger partial charge in [-0.1, -0.05) is 20.8 Å². The number of nitrogens with zero attached hydrogens (tertiary/aromatic N) is 1. The summed E-state index contributed by atoms with van der Waals surface area (Å²) < 4.78 is 0. The highest BCUT2D eigenvalue weighted by molar-refractivity contribution is 5.87. The van der Waals surface area contributed by atoms with Crippen LogP contribution in [-0.2, 0) is 9.59 Å². The van der Waals surface area contributed by atoms with E-state index in [0.29, 0.717) is 5.92 Å². The number of hydrogen-bond acceptors (Lipinski definition) is 3. The minimum absolute atomic E-state index is 0.000671. The Balaban J connectivity index is 2.34. The fourth-order valence-electron chi connectivity index (χ4n) is 2.21. The lowest BCUT2D eigenvalue weighted by Crippen LogP contribution is -2.47. The van der Waals surface area contributed by atoms with Crippen molar-refractivity contribution >= 4 is 11.8 Å². The summed E-state index contributed by atoms with van der Waals surface area (Å²) in [4.78, 5) is 25.5. The molecule has 1 saturated heterocycles. The van der Waals surface area contributed by atoms with Gasteiger partial charge in [-0.2, -0.15) is 0 Å². The van der Waals surface area contributed by atoms with Gasteiger partial charge in [-0.3, -0.25) is 9.59 Å². The van der Waals surface area contributed by atoms with E-state index in [1.807, 2.05) is 32.6 Å². The van der Waals surface area contributed by atoms with Crippen molar-refractivity contribution < 1.29 is 9.59 Å². The van der Waals surface area contributed by atoms with Crippen molar-refractivity contribution in [2.45, 2.75) is 46.6 Å². The molecule has 0 aromatic carbocycles. The summed E-state index contributed by atoms with van der Waals surface area (Å²) in [6.45, 7) is 9.11. The number of nitrogens with two attached hydrogens (primary N) is 1. The van der Waals surface area contributed by atoms with Gasteiger partial charge in [0.2, 0.25) is 11.8 Å². The van der Waals surface area contributed by atoms with E-state index < -0.39 is 5.41 Å². The second kappa shape index (κ2) is 6.37. The molecule has 1 heterocycles. The van der Waals surface area contributed by atoms with Crippen molar-refractivity contribution in [3.8, 4) is 0 Å². The van der Waals surface area contributed by atoms with Crippen LogP contribution in [0.5, 0.6) is 0 Å². The first-order valence-corrected chi connectivity index (χ1v) is 7.03. The summed E-state index contributed by atoms with van der Waals surface area (Å²) in [6, 6.07) is 0.192. The Labute approximate surface area is 115 Å². The lowest BCUT2D eigenvalue weighted by molar-refractivity contribution is -0.136. The van der Waals surface area contributed by atoms with E-state index in [1.165, 1.54) is 0 Å². The first-order valence-electron chi connectivity index (χ1n) is 7.03. The van der Waals surface area contributed by atoms with Crippen molar-refractivity contribution in [1.82, 2.24) is 10.2 Å². The number of carbonyl (C=O) groups is 2. The summed E-state index contributed by atoms with van der Waals surface area (Å²) >= 11 is 0. The predicted octanol–water partition coefficient (Wildman–Crippen LogP) is 0.734. The Morgan fingerprint density at radius 1 is 1.32 bits per heavy atom. The minimum atomic E-state index is -0.456. The molecule has 0 bridgehead atoms. The standard InChI is InChI=1S/C14H27N3O2/c1-10(15)11-5-7-17(8-6-11)12(18)9-16-13(19)14(2,3)4/h10-11H,5-9,15H2,1-4H3,(H,16,19). The zero-order chi connectivity index (χ0) is 14.6. The van der Waals surface area contributed by atoms with Gasteiger partial charge in [-0.25, -0.2) is 0 Å². The lowest BCUT2D eigenvalue weighted by atomic mass is 9.91. The van der Waals surface area contributed by atoms with E-state index in [2.05, 4.69) is 5.32 Å². The summed E-state index contributed by atoms with van der Waals surface area (Å²) in [5.41, 5.74) is 5.42. The van der Waals surface area contributed by atoms with Crippen LogP contribution in [0.3, 0.4) is 0 Å². The topological polar surface area (TPSA) is 75.4 Å². The molecule has 19 heavy (non-hydrogen) atoms. The molecule has 5 nitrogen and oxygen atoms in total. The Morgan fingerprint density at radius 2 is 1.84 bits per heavy atom. The highest BCUT2D eigenvalue weighted by Gasteiger charge is 2.26. The van der Waals surface area contributed by atoms with Crippen LogP contribution in [0, 0.1) is 11.3 Å². The summed E-state index contributed by atoms with van der Waals surface area (Å²) in [7, 11) is 0. The molecule has 1 aliphatic heterocycles. The Kier molecular flexibility index (Phi) is 5.35. The number of carbonyl (C=O) groups excluding carboxylic acids is 2. The van der Waals surface area contributed by atoms with Gasteiger partial charge >= 0.3 is 0 Å². The Morgan fingerprint density at radius 3 is 2.26 bits per heavy atom. The van der Waals surface area contributed by atoms with E-state index in [4.69, 9.17) is 5.73 Å². The largest absolute Gasteiger partial charge is 0.347 e. The average Bonchev–Trinajstić information content (AvgIpc) is 2.34. The molecule has 0 aliphatic carbocycles. The van der Waals surface area contributed by atoms with Crippen LogP contribution < -0.4 is 11.1 Å². The van der Waals surface area contributed by atoms with E-state index in [9.17, 15) is 9.59 Å². The molecule has 0 radical (unpaired) electrons. The maximum atomic E-state index is 12.0. The molecule has 1 unspecified atom stereocenters. The van der Waals surface area contributed by atoms with Gasteiger partial charge in [-0.05, 0) is 25.7 Å². The monoisotopic (exact) mass is 269 g/mol. The van der Waals surface area contributed by atoms with E-state index in [-0.39, 0.29) is 24.4 Å². The van der Waals surface area contributed by atoms with Crippen molar-refractivity contribution in [1.29, 1.82) is 0 Å². The Hall–Kier alpha value is -1.10. The van der Waals surface area contributed by atoms with E-state index in [1.54, 1.807) is 0 Å². The molecule has 1 aliphatic rings. The third kappa shape index (κ3) is 4.82. The zero-order valence-electron chi connectivity index (χ0n) is 12.5. The number of hydrogen-bond donors (Lipinski definition) is 2. The molecule has 110 valence electrons. The molecule has 5 heteroatoms. The number of rotatable bonds is 3. The fraction of sp³-hybridized carbons (Fsp3) is 0.857. The van der Waals surface area contributed by atoms with Gasteiger partial charge in [-0.15, -0.1) is 0 Å². The van der Waals surface area contributed by atoms with Crippen LogP contribution in [0.1, 0.15) is 40.5 Å². The molecule has 2 amide bonds. The third-order valence-electron chi connectivity index (χ3n) is 3.72. The highest BCUT2D eigenvalue weighted by Crippen LogP contribution is 2.19. The predicted molar refractivity (Wildman–Crippen MR) is 75.4 cm³/mol. The van der Waals surface area contributed by atoms with Crippen molar-refractivity contribution in [2.24, 2.45) is 17.1 Å². The van der Waals surface area contributed by atoms with Gasteiger partial charge in [0, 0.05) is 24.5 Å². The average molecular weight is 269 g/mol. The van der Waals surface area contributed by atoms with E-state index in [0.717, 1.165) is 25.9 Å². The number of amides is 2. The van der Waals surface area contributed by atoms with Gasteiger partial charge in [0.05, 0.1) is 6.54 Å². The lowest BCUT2D eigenvalue weighted by Gasteiger charge is -2.34. The van der Waals surface area contributed by atoms with Crippen molar-refractivity contribution in [3.05, 3.63) is 0 Å².